The lowest BCUT2D eigenvalue weighted by Crippen LogP contribution is -2.61. The first-order valence-corrected chi connectivity index (χ1v) is 45.9. The van der Waals surface area contributed by atoms with Gasteiger partial charge in [0.15, 0.2) is 14.4 Å². The van der Waals surface area contributed by atoms with Crippen LogP contribution in [0.4, 0.5) is 0 Å². The van der Waals surface area contributed by atoms with E-state index in [0.717, 1.165) is 121 Å². The molecule has 16 aromatic rings. The molecule has 0 aliphatic carbocycles. The van der Waals surface area contributed by atoms with Crippen molar-refractivity contribution in [3.05, 3.63) is 384 Å². The Labute approximate surface area is 669 Å². The fourth-order valence-corrected chi connectivity index (χ4v) is 34.4. The van der Waals surface area contributed by atoms with Crippen molar-refractivity contribution >= 4 is 113 Å². The van der Waals surface area contributed by atoms with Gasteiger partial charge in [-0.15, -0.1) is 22.4 Å². The molecule has 0 aliphatic rings. The summed E-state index contributed by atoms with van der Waals surface area (Å²) >= 11 is 4.08. The molecule has 2 atom stereocenters. The third-order valence-corrected chi connectivity index (χ3v) is 42.6. The Balaban J connectivity index is 0.824. The van der Waals surface area contributed by atoms with E-state index in [4.69, 9.17) is 9.98 Å². The highest BCUT2D eigenvalue weighted by Crippen LogP contribution is 2.53. The van der Waals surface area contributed by atoms with E-state index in [2.05, 4.69) is 409 Å². The third-order valence-electron chi connectivity index (χ3n) is 22.4. The molecule has 0 unspecified atom stereocenters. The second-order valence-electron chi connectivity index (χ2n) is 32.1. The van der Waals surface area contributed by atoms with E-state index in [0.29, 0.717) is 11.1 Å². The van der Waals surface area contributed by atoms with Gasteiger partial charge in [-0.3, -0.25) is 9.98 Å². The summed E-state index contributed by atoms with van der Waals surface area (Å²) in [7, 11) is -5.08. The molecule has 0 spiro atoms. The van der Waals surface area contributed by atoms with Crippen molar-refractivity contribution < 1.29 is 10.2 Å². The lowest BCUT2D eigenvalue weighted by Gasteiger charge is -2.43. The molecule has 0 aliphatic heterocycles. The van der Waals surface area contributed by atoms with Crippen LogP contribution < -0.4 is 20.7 Å². The second kappa shape index (κ2) is 31.1. The summed E-state index contributed by atoms with van der Waals surface area (Å²) in [6.07, 6.45) is 3.77. The number of hydrogen-bond donors (Lipinski definition) is 2. The molecule has 4 nitrogen and oxygen atoms in total. The summed E-state index contributed by atoms with van der Waals surface area (Å²) in [5.41, 5.74) is 15.0. The highest BCUT2D eigenvalue weighted by atomic mass is 32.4. The smallest absolute Gasteiger partial charge is 0.189 e. The quantitative estimate of drug-likeness (QED) is 0.0625. The summed E-state index contributed by atoms with van der Waals surface area (Å²) in [5, 5.41) is 40.7. The van der Waals surface area contributed by atoms with E-state index in [9.17, 15) is 10.2 Å². The highest BCUT2D eigenvalue weighted by Gasteiger charge is 2.50. The fraction of sp³-hybridized carbons (Fsp3) is 0.135. The SMILES string of the molecule is Cc1cc(C)cc([C@H](N=Cc2cc3ccccc3c(-c3c(-c4ccc(S[Si](c5ccccc5)(c5ccccc5)C(C)(C)C)cc4)ccc4ccccc34)c2O)[C@@H](N=Cc2cc3ccccc3c(-c3c(-c4ccc(S[Si](c5ccccc5)(c5ccccc5)C(C)(C)C)cc4)ccc4ccccc34)c2O)c2cc(C)cc(C)c2)c1. The average Bonchev–Trinajstić information content (AvgIpc) is 0.754. The monoisotopic (exact) mass is 1520 g/mol. The van der Waals surface area contributed by atoms with Crippen LogP contribution in [-0.4, -0.2) is 37.1 Å². The van der Waals surface area contributed by atoms with Gasteiger partial charge in [-0.1, -0.05) is 367 Å². The summed E-state index contributed by atoms with van der Waals surface area (Å²) in [4.78, 5) is 14.0. The summed E-state index contributed by atoms with van der Waals surface area (Å²) in [6.45, 7) is 23.0. The van der Waals surface area contributed by atoms with Gasteiger partial charge in [0.25, 0.3) is 0 Å². The van der Waals surface area contributed by atoms with E-state index in [1.165, 1.54) is 30.5 Å². The van der Waals surface area contributed by atoms with E-state index < -0.39 is 26.5 Å². The number of benzene rings is 16. The van der Waals surface area contributed by atoms with Gasteiger partial charge in [0.2, 0.25) is 0 Å². The molecule has 0 amide bonds. The minimum absolute atomic E-state index is 0.0482. The molecule has 8 heteroatoms. The number of fused-ring (bicyclic) bond motifs is 4. The van der Waals surface area contributed by atoms with E-state index >= 15 is 0 Å². The molecule has 0 saturated heterocycles. The van der Waals surface area contributed by atoms with Gasteiger partial charge in [-0.25, -0.2) is 0 Å². The molecule has 16 aromatic carbocycles. The van der Waals surface area contributed by atoms with Crippen LogP contribution in [0.1, 0.15) is 98.1 Å². The number of rotatable bonds is 19. The van der Waals surface area contributed by atoms with Gasteiger partial charge >= 0.3 is 0 Å². The molecule has 2 N–H and O–H groups in total. The zero-order valence-electron chi connectivity index (χ0n) is 65.2. The predicted molar refractivity (Wildman–Crippen MR) is 487 cm³/mol. The van der Waals surface area contributed by atoms with Gasteiger partial charge < -0.3 is 10.2 Å². The number of phenols is 2. The van der Waals surface area contributed by atoms with E-state index in [1.807, 2.05) is 34.9 Å². The molecule has 112 heavy (non-hydrogen) atoms. The van der Waals surface area contributed by atoms with Crippen LogP contribution in [0.15, 0.2) is 359 Å². The number of phenolic OH excluding ortho intramolecular Hbond substituents is 2. The Bertz CT molecular complexity index is 5730. The maximum Gasteiger partial charge on any atom is 0.189 e. The average molecular weight is 1520 g/mol. The maximum atomic E-state index is 13.6. The third kappa shape index (κ3) is 14.3. The predicted octanol–water partition coefficient (Wildman–Crippen LogP) is 25.9. The zero-order valence-corrected chi connectivity index (χ0v) is 68.9. The Kier molecular flexibility index (Phi) is 20.7. The first-order valence-electron chi connectivity index (χ1n) is 38.8. The van der Waals surface area contributed by atoms with Crippen LogP contribution in [-0.2, 0) is 0 Å². The molecular formula is C104H92N2O2S2Si2. The van der Waals surface area contributed by atoms with Crippen LogP contribution in [0.3, 0.4) is 0 Å². The van der Waals surface area contributed by atoms with Crippen molar-refractivity contribution in [3.63, 3.8) is 0 Å². The Hall–Kier alpha value is -11.4. The molecule has 0 aromatic heterocycles. The van der Waals surface area contributed by atoms with Crippen LogP contribution in [0.5, 0.6) is 11.5 Å². The van der Waals surface area contributed by atoms with Crippen molar-refractivity contribution in [2.75, 3.05) is 0 Å². The fourth-order valence-electron chi connectivity index (χ4n) is 17.4. The number of aliphatic imine (C=N–C) groups is 2. The van der Waals surface area contributed by atoms with Crippen LogP contribution >= 0.6 is 22.4 Å². The van der Waals surface area contributed by atoms with Crippen molar-refractivity contribution in [3.8, 4) is 56.0 Å². The highest BCUT2D eigenvalue weighted by molar-refractivity contribution is 8.32. The number of aromatic hydroxyl groups is 2. The van der Waals surface area contributed by atoms with Gasteiger partial charge in [0, 0.05) is 55.6 Å². The molecule has 0 fully saturated rings. The maximum absolute atomic E-state index is 13.6. The van der Waals surface area contributed by atoms with Crippen molar-refractivity contribution in [1.82, 2.24) is 0 Å². The molecular weight excluding hydrogens is 1430 g/mol. The summed E-state index contributed by atoms with van der Waals surface area (Å²) in [6, 6.07) is 122. The lowest BCUT2D eigenvalue weighted by molar-refractivity contribution is 0.476. The minimum atomic E-state index is -2.54. The second-order valence-corrected chi connectivity index (χ2v) is 46.4. The van der Waals surface area contributed by atoms with Gasteiger partial charge in [-0.05, 0) is 171 Å². The van der Waals surface area contributed by atoms with E-state index in [-0.39, 0.29) is 21.6 Å². The molecule has 0 heterocycles. The van der Waals surface area contributed by atoms with Crippen molar-refractivity contribution in [2.45, 2.75) is 101 Å². The van der Waals surface area contributed by atoms with Crippen molar-refractivity contribution in [2.24, 2.45) is 9.98 Å². The molecule has 0 bridgehead atoms. The topological polar surface area (TPSA) is 65.2 Å². The number of nitrogens with zero attached hydrogens (tertiary/aromatic N) is 2. The first kappa shape index (κ1) is 74.7. The molecule has 550 valence electrons. The molecule has 0 radical (unpaired) electrons. The lowest BCUT2D eigenvalue weighted by atomic mass is 9.86. The standard InChI is InChI=1S/C104H92N2O2S2Si2/c1-69-59-70(2)62-79(61-69)99(105-67-81-65-77-33-25-29-45-91(77)97(101(81)107)95-89-43-27-23-31-73(89)51-57-93(95)75-47-53-83(54-48-75)109-111(103(5,6)7,85-35-15-11-16-36-85)86-37-17-12-18-38-86)100(80-63-71(3)60-72(4)64-80)106-68-82-66-78-34-26-30-46-92(78)98(102(82)108)96-90-44-28-24-32-74(90)52-58-94(96)76-49-55-84(56-50-76)110-112(104(8,9)10,87-39-19-13-20-40-87)88-41-21-14-22-42-88/h11-68,99-100,107-108H,1-10H3/t99-,100-/m0/s1. The Morgan fingerprint density at radius 2 is 0.571 bits per heavy atom. The Morgan fingerprint density at radius 3 is 0.875 bits per heavy atom. The van der Waals surface area contributed by atoms with Gasteiger partial charge in [0.05, 0.1) is 0 Å². The zero-order chi connectivity index (χ0) is 77.5. The summed E-state index contributed by atoms with van der Waals surface area (Å²) in [5.74, 6) is 0.271. The van der Waals surface area contributed by atoms with Crippen LogP contribution in [0, 0.1) is 27.7 Å². The molecule has 0 saturated carbocycles. The van der Waals surface area contributed by atoms with Crippen LogP contribution in [0.25, 0.3) is 87.6 Å². The van der Waals surface area contributed by atoms with E-state index in [1.54, 1.807) is 0 Å². The normalized spacial score (nSPS) is 12.9. The Morgan fingerprint density at radius 1 is 0.295 bits per heavy atom. The number of hydrogen-bond acceptors (Lipinski definition) is 6. The first-order chi connectivity index (χ1) is 54.2. The van der Waals surface area contributed by atoms with Gasteiger partial charge in [0.1, 0.15) is 23.6 Å². The largest absolute Gasteiger partial charge is 0.507 e. The van der Waals surface area contributed by atoms with Crippen LogP contribution in [0.2, 0.25) is 10.1 Å². The number of aryl methyl sites for hydroxylation is 4. The summed E-state index contributed by atoms with van der Waals surface area (Å²) < 4.78 is 0. The van der Waals surface area contributed by atoms with Gasteiger partial charge in [-0.2, -0.15) is 0 Å². The minimum Gasteiger partial charge on any atom is -0.507 e. The molecule has 16 rings (SSSR count). The van der Waals surface area contributed by atoms with Crippen molar-refractivity contribution in [1.29, 1.82) is 0 Å².